The van der Waals surface area contributed by atoms with Crippen LogP contribution in [0.4, 0.5) is 0 Å². The number of aliphatic hydroxyl groups excluding tert-OH is 1. The molecule has 0 aliphatic carbocycles. The minimum atomic E-state index is 0.102. The summed E-state index contributed by atoms with van der Waals surface area (Å²) in [5, 5.41) is 9.16. The molecule has 15 heavy (non-hydrogen) atoms. The van der Waals surface area contributed by atoms with Gasteiger partial charge in [-0.1, -0.05) is 19.1 Å². The average molecular weight is 210 g/mol. The van der Waals surface area contributed by atoms with E-state index in [9.17, 15) is 0 Å². The third-order valence-corrected chi connectivity index (χ3v) is 2.48. The molecule has 0 radical (unpaired) electrons. The van der Waals surface area contributed by atoms with Crippen LogP contribution in [-0.4, -0.2) is 25.9 Å². The van der Waals surface area contributed by atoms with Gasteiger partial charge in [-0.2, -0.15) is 0 Å². The summed E-state index contributed by atoms with van der Waals surface area (Å²) in [4.78, 5) is 0. The SMILES string of the molecule is COCc1c(OC)cccc1C(C)CO. The Balaban J connectivity index is 3.12. The Bertz CT molecular complexity index is 310. The fourth-order valence-corrected chi connectivity index (χ4v) is 1.63. The highest BCUT2D eigenvalue weighted by molar-refractivity contribution is 5.41. The Morgan fingerprint density at radius 1 is 1.33 bits per heavy atom. The molecule has 0 spiro atoms. The highest BCUT2D eigenvalue weighted by Gasteiger charge is 2.13. The van der Waals surface area contributed by atoms with Crippen LogP contribution in [0.5, 0.6) is 5.75 Å². The summed E-state index contributed by atoms with van der Waals surface area (Å²) in [5.74, 6) is 0.917. The van der Waals surface area contributed by atoms with Crippen LogP contribution in [0.1, 0.15) is 24.0 Å². The van der Waals surface area contributed by atoms with Crippen LogP contribution in [0.15, 0.2) is 18.2 Å². The molecule has 1 rings (SSSR count). The van der Waals surface area contributed by atoms with Crippen LogP contribution in [0.2, 0.25) is 0 Å². The molecule has 1 unspecified atom stereocenters. The first-order valence-electron chi connectivity index (χ1n) is 5.00. The smallest absolute Gasteiger partial charge is 0.124 e. The van der Waals surface area contributed by atoms with Crippen molar-refractivity contribution in [1.29, 1.82) is 0 Å². The quantitative estimate of drug-likeness (QED) is 0.807. The molecule has 0 aromatic heterocycles. The maximum absolute atomic E-state index is 9.16. The normalized spacial score (nSPS) is 12.5. The zero-order valence-electron chi connectivity index (χ0n) is 9.49. The van der Waals surface area contributed by atoms with Gasteiger partial charge >= 0.3 is 0 Å². The van der Waals surface area contributed by atoms with Gasteiger partial charge in [0.15, 0.2) is 0 Å². The molecule has 1 aromatic carbocycles. The molecule has 0 bridgehead atoms. The lowest BCUT2D eigenvalue weighted by Crippen LogP contribution is -2.06. The van der Waals surface area contributed by atoms with E-state index in [4.69, 9.17) is 14.6 Å². The maximum atomic E-state index is 9.16. The molecule has 1 N–H and O–H groups in total. The lowest BCUT2D eigenvalue weighted by Gasteiger charge is -2.16. The zero-order chi connectivity index (χ0) is 11.3. The summed E-state index contributed by atoms with van der Waals surface area (Å²) in [6, 6.07) is 5.83. The van der Waals surface area contributed by atoms with Crippen molar-refractivity contribution in [3.05, 3.63) is 29.3 Å². The van der Waals surface area contributed by atoms with Gasteiger partial charge in [-0.25, -0.2) is 0 Å². The van der Waals surface area contributed by atoms with E-state index in [1.165, 1.54) is 0 Å². The number of benzene rings is 1. The Kier molecular flexibility index (Phi) is 4.59. The molecular weight excluding hydrogens is 192 g/mol. The summed E-state index contributed by atoms with van der Waals surface area (Å²) in [7, 11) is 3.29. The number of aliphatic hydroxyl groups is 1. The highest BCUT2D eigenvalue weighted by atomic mass is 16.5. The Labute approximate surface area is 90.6 Å². The number of hydrogen-bond acceptors (Lipinski definition) is 3. The van der Waals surface area contributed by atoms with Crippen molar-refractivity contribution < 1.29 is 14.6 Å². The van der Waals surface area contributed by atoms with Gasteiger partial charge in [0.2, 0.25) is 0 Å². The van der Waals surface area contributed by atoms with Gasteiger partial charge in [-0.15, -0.1) is 0 Å². The molecule has 0 aliphatic heterocycles. The van der Waals surface area contributed by atoms with Crippen molar-refractivity contribution in [3.8, 4) is 5.75 Å². The molecule has 1 atom stereocenters. The topological polar surface area (TPSA) is 38.7 Å². The minimum Gasteiger partial charge on any atom is -0.496 e. The number of rotatable bonds is 5. The number of ether oxygens (including phenoxy) is 2. The Morgan fingerprint density at radius 2 is 2.07 bits per heavy atom. The lowest BCUT2D eigenvalue weighted by atomic mass is 9.96. The van der Waals surface area contributed by atoms with Gasteiger partial charge in [0, 0.05) is 25.2 Å². The van der Waals surface area contributed by atoms with Gasteiger partial charge in [-0.05, 0) is 11.6 Å². The van der Waals surface area contributed by atoms with Crippen LogP contribution >= 0.6 is 0 Å². The van der Waals surface area contributed by atoms with Crippen molar-refractivity contribution in [2.75, 3.05) is 20.8 Å². The van der Waals surface area contributed by atoms with E-state index in [2.05, 4.69) is 0 Å². The number of methoxy groups -OCH3 is 2. The monoisotopic (exact) mass is 210 g/mol. The van der Waals surface area contributed by atoms with E-state index in [0.29, 0.717) is 6.61 Å². The fraction of sp³-hybridized carbons (Fsp3) is 0.500. The summed E-state index contributed by atoms with van der Waals surface area (Å²) >= 11 is 0. The van der Waals surface area contributed by atoms with Gasteiger partial charge in [0.05, 0.1) is 13.7 Å². The first kappa shape index (κ1) is 12.0. The molecule has 0 fully saturated rings. The van der Waals surface area contributed by atoms with E-state index >= 15 is 0 Å². The fourth-order valence-electron chi connectivity index (χ4n) is 1.63. The molecule has 0 saturated carbocycles. The predicted octanol–water partition coefficient (Wildman–Crippen LogP) is 1.94. The average Bonchev–Trinajstić information content (AvgIpc) is 2.28. The standard InChI is InChI=1S/C12H18O3/c1-9(7-13)10-5-4-6-12(15-3)11(10)8-14-2/h4-6,9,13H,7-8H2,1-3H3. The summed E-state index contributed by atoms with van der Waals surface area (Å²) in [5.41, 5.74) is 2.10. The molecule has 3 nitrogen and oxygen atoms in total. The largest absolute Gasteiger partial charge is 0.496 e. The van der Waals surface area contributed by atoms with E-state index in [-0.39, 0.29) is 12.5 Å². The summed E-state index contributed by atoms with van der Waals surface area (Å²) in [6.45, 7) is 2.61. The van der Waals surface area contributed by atoms with Crippen LogP contribution in [0.3, 0.4) is 0 Å². The second-order valence-corrected chi connectivity index (χ2v) is 3.54. The minimum absolute atomic E-state index is 0.102. The molecule has 0 aliphatic rings. The first-order chi connectivity index (χ1) is 7.24. The van der Waals surface area contributed by atoms with Gasteiger partial charge in [0.1, 0.15) is 5.75 Å². The molecule has 0 amide bonds. The van der Waals surface area contributed by atoms with Crippen LogP contribution in [0, 0.1) is 0 Å². The second-order valence-electron chi connectivity index (χ2n) is 3.54. The van der Waals surface area contributed by atoms with Crippen LogP contribution in [0.25, 0.3) is 0 Å². The summed E-state index contributed by atoms with van der Waals surface area (Å²) in [6.07, 6.45) is 0. The predicted molar refractivity (Wildman–Crippen MR) is 59.2 cm³/mol. The van der Waals surface area contributed by atoms with Crippen molar-refractivity contribution in [1.82, 2.24) is 0 Å². The van der Waals surface area contributed by atoms with Crippen molar-refractivity contribution in [3.63, 3.8) is 0 Å². The first-order valence-corrected chi connectivity index (χ1v) is 5.00. The van der Waals surface area contributed by atoms with E-state index in [0.717, 1.165) is 16.9 Å². The molecule has 0 saturated heterocycles. The third-order valence-electron chi connectivity index (χ3n) is 2.48. The van der Waals surface area contributed by atoms with Crippen LogP contribution < -0.4 is 4.74 Å². The maximum Gasteiger partial charge on any atom is 0.124 e. The zero-order valence-corrected chi connectivity index (χ0v) is 9.49. The Morgan fingerprint density at radius 3 is 2.60 bits per heavy atom. The highest BCUT2D eigenvalue weighted by Crippen LogP contribution is 2.28. The van der Waals surface area contributed by atoms with Crippen LogP contribution in [-0.2, 0) is 11.3 Å². The van der Waals surface area contributed by atoms with Crippen molar-refractivity contribution in [2.24, 2.45) is 0 Å². The molecule has 0 heterocycles. The third kappa shape index (κ3) is 2.70. The van der Waals surface area contributed by atoms with Gasteiger partial charge in [0.25, 0.3) is 0 Å². The van der Waals surface area contributed by atoms with Crippen molar-refractivity contribution >= 4 is 0 Å². The summed E-state index contributed by atoms with van der Waals surface area (Å²) < 4.78 is 10.4. The lowest BCUT2D eigenvalue weighted by molar-refractivity contribution is 0.179. The molecule has 84 valence electrons. The Hall–Kier alpha value is -1.06. The molecular formula is C12H18O3. The van der Waals surface area contributed by atoms with Gasteiger partial charge < -0.3 is 14.6 Å². The number of hydrogen-bond donors (Lipinski definition) is 1. The second kappa shape index (κ2) is 5.73. The van der Waals surface area contributed by atoms with E-state index in [1.807, 2.05) is 25.1 Å². The van der Waals surface area contributed by atoms with Crippen molar-refractivity contribution in [2.45, 2.75) is 19.4 Å². The van der Waals surface area contributed by atoms with E-state index < -0.39 is 0 Å². The molecule has 3 heteroatoms. The van der Waals surface area contributed by atoms with Gasteiger partial charge in [-0.3, -0.25) is 0 Å². The molecule has 1 aromatic rings. The van der Waals surface area contributed by atoms with E-state index in [1.54, 1.807) is 14.2 Å².